The fourth-order valence-corrected chi connectivity index (χ4v) is 2.66. The second-order valence-electron chi connectivity index (χ2n) is 5.97. The number of hydrogen-bond donors (Lipinski definition) is 2. The van der Waals surface area contributed by atoms with Gasteiger partial charge in [0.1, 0.15) is 5.75 Å². The minimum absolute atomic E-state index is 0.264. The van der Waals surface area contributed by atoms with Crippen LogP contribution in [0.25, 0.3) is 0 Å². The molecule has 2 rings (SSSR count). The molecule has 0 saturated carbocycles. The summed E-state index contributed by atoms with van der Waals surface area (Å²) >= 11 is 5.94. The van der Waals surface area contributed by atoms with E-state index in [9.17, 15) is 5.11 Å². The van der Waals surface area contributed by atoms with Gasteiger partial charge in [0.15, 0.2) is 5.96 Å². The maximum atomic E-state index is 10.4. The zero-order valence-electron chi connectivity index (χ0n) is 15.4. The maximum absolute atomic E-state index is 10.4. The van der Waals surface area contributed by atoms with Gasteiger partial charge in [-0.25, -0.2) is 0 Å². The first-order valence-electron chi connectivity index (χ1n) is 8.59. The van der Waals surface area contributed by atoms with Crippen LogP contribution in [0.5, 0.6) is 5.75 Å². The van der Waals surface area contributed by atoms with Gasteiger partial charge in [0.05, 0.1) is 19.8 Å². The molecule has 0 spiro atoms. The van der Waals surface area contributed by atoms with E-state index in [4.69, 9.17) is 16.3 Å². The minimum atomic E-state index is -0.692. The summed E-state index contributed by atoms with van der Waals surface area (Å²) < 4.78 is 5.21. The molecule has 0 bridgehead atoms. The molecule has 2 N–H and O–H groups in total. The Morgan fingerprint density at radius 1 is 1.27 bits per heavy atom. The molecule has 0 amide bonds. The third-order valence-electron chi connectivity index (χ3n) is 3.92. The molecule has 2 aromatic carbocycles. The summed E-state index contributed by atoms with van der Waals surface area (Å²) in [5.41, 5.74) is 1.92. The van der Waals surface area contributed by atoms with Gasteiger partial charge >= 0.3 is 0 Å². The number of aliphatic imine (C=N–C) groups is 1. The van der Waals surface area contributed by atoms with Gasteiger partial charge in [-0.15, -0.1) is 0 Å². The molecule has 0 fully saturated rings. The Labute approximate surface area is 160 Å². The molecule has 1 atom stereocenters. The summed E-state index contributed by atoms with van der Waals surface area (Å²) in [5.74, 6) is 1.46. The minimum Gasteiger partial charge on any atom is -0.497 e. The summed E-state index contributed by atoms with van der Waals surface area (Å²) in [4.78, 5) is 6.59. The second-order valence-corrected chi connectivity index (χ2v) is 6.41. The number of benzene rings is 2. The van der Waals surface area contributed by atoms with Crippen molar-refractivity contribution in [2.45, 2.75) is 19.6 Å². The van der Waals surface area contributed by atoms with Crippen LogP contribution in [0.4, 0.5) is 0 Å². The van der Waals surface area contributed by atoms with Crippen molar-refractivity contribution in [2.75, 3.05) is 27.2 Å². The molecule has 0 heterocycles. The van der Waals surface area contributed by atoms with Gasteiger partial charge in [0, 0.05) is 25.2 Å². The van der Waals surface area contributed by atoms with E-state index in [-0.39, 0.29) is 6.54 Å². The Morgan fingerprint density at radius 2 is 2.00 bits per heavy atom. The van der Waals surface area contributed by atoms with Crippen LogP contribution < -0.4 is 10.1 Å². The number of guanidine groups is 1. The number of rotatable bonds is 7. The molecule has 0 aromatic heterocycles. The number of methoxy groups -OCH3 is 1. The van der Waals surface area contributed by atoms with Crippen molar-refractivity contribution in [3.8, 4) is 5.75 Å². The van der Waals surface area contributed by atoms with Crippen LogP contribution in [0.2, 0.25) is 5.02 Å². The quantitative estimate of drug-likeness (QED) is 0.574. The van der Waals surface area contributed by atoms with Crippen LogP contribution in [0.15, 0.2) is 53.5 Å². The molecule has 0 aliphatic rings. The number of nitrogens with one attached hydrogen (secondary N) is 1. The van der Waals surface area contributed by atoms with Gasteiger partial charge < -0.3 is 20.1 Å². The lowest BCUT2D eigenvalue weighted by atomic mass is 10.1. The zero-order valence-corrected chi connectivity index (χ0v) is 16.2. The van der Waals surface area contributed by atoms with Crippen molar-refractivity contribution in [3.63, 3.8) is 0 Å². The summed E-state index contributed by atoms with van der Waals surface area (Å²) in [5, 5.41) is 14.4. The van der Waals surface area contributed by atoms with Gasteiger partial charge in [-0.3, -0.25) is 4.99 Å². The van der Waals surface area contributed by atoms with E-state index < -0.39 is 6.10 Å². The molecular formula is C20H26ClN3O2. The Morgan fingerprint density at radius 3 is 2.65 bits per heavy atom. The predicted octanol–water partition coefficient (Wildman–Crippen LogP) is 3.48. The topological polar surface area (TPSA) is 57.1 Å². The van der Waals surface area contributed by atoms with E-state index in [1.165, 1.54) is 0 Å². The molecule has 6 heteroatoms. The highest BCUT2D eigenvalue weighted by atomic mass is 35.5. The lowest BCUT2D eigenvalue weighted by Crippen LogP contribution is -2.38. The third-order valence-corrected chi connectivity index (χ3v) is 4.17. The average Bonchev–Trinajstić information content (AvgIpc) is 2.66. The molecule has 140 valence electrons. The predicted molar refractivity (Wildman–Crippen MR) is 107 cm³/mol. The molecule has 2 aromatic rings. The highest BCUT2D eigenvalue weighted by molar-refractivity contribution is 6.30. The highest BCUT2D eigenvalue weighted by Gasteiger charge is 2.11. The van der Waals surface area contributed by atoms with Gasteiger partial charge in [0.2, 0.25) is 0 Å². The van der Waals surface area contributed by atoms with Crippen molar-refractivity contribution in [2.24, 2.45) is 4.99 Å². The Balaban J connectivity index is 2.05. The Kier molecular flexibility index (Phi) is 7.75. The van der Waals surface area contributed by atoms with Crippen molar-refractivity contribution in [3.05, 3.63) is 64.7 Å². The maximum Gasteiger partial charge on any atom is 0.194 e. The van der Waals surface area contributed by atoms with Crippen LogP contribution in [-0.2, 0) is 6.54 Å². The Bertz CT molecular complexity index is 719. The molecule has 0 aliphatic heterocycles. The normalized spacial score (nSPS) is 12.6. The molecule has 26 heavy (non-hydrogen) atoms. The monoisotopic (exact) mass is 375 g/mol. The van der Waals surface area contributed by atoms with Crippen molar-refractivity contribution in [1.29, 1.82) is 0 Å². The molecule has 0 aliphatic carbocycles. The van der Waals surface area contributed by atoms with E-state index in [2.05, 4.69) is 10.3 Å². The number of halogens is 1. The summed E-state index contributed by atoms with van der Waals surface area (Å²) in [6.45, 7) is 3.72. The average molecular weight is 376 g/mol. The fraction of sp³-hybridized carbons (Fsp3) is 0.350. The number of aliphatic hydroxyl groups is 1. The van der Waals surface area contributed by atoms with Crippen molar-refractivity contribution >= 4 is 17.6 Å². The molecule has 1 unspecified atom stereocenters. The van der Waals surface area contributed by atoms with Crippen LogP contribution >= 0.6 is 11.6 Å². The molecule has 0 saturated heterocycles. The van der Waals surface area contributed by atoms with Gasteiger partial charge in [0.25, 0.3) is 0 Å². The first-order valence-corrected chi connectivity index (χ1v) is 8.97. The van der Waals surface area contributed by atoms with Crippen LogP contribution in [0, 0.1) is 0 Å². The molecular weight excluding hydrogens is 350 g/mol. The van der Waals surface area contributed by atoms with Crippen LogP contribution in [-0.4, -0.2) is 43.2 Å². The van der Waals surface area contributed by atoms with E-state index >= 15 is 0 Å². The second kappa shape index (κ2) is 10.0. The van der Waals surface area contributed by atoms with E-state index in [0.717, 1.165) is 34.4 Å². The number of aliphatic hydroxyl groups excluding tert-OH is 1. The summed E-state index contributed by atoms with van der Waals surface area (Å²) in [7, 11) is 3.58. The van der Waals surface area contributed by atoms with Crippen LogP contribution in [0.1, 0.15) is 24.2 Å². The zero-order chi connectivity index (χ0) is 18.9. The van der Waals surface area contributed by atoms with Crippen LogP contribution in [0.3, 0.4) is 0 Å². The van der Waals surface area contributed by atoms with E-state index in [0.29, 0.717) is 6.54 Å². The SMILES string of the molecule is CCNC(=NCC(O)c1cccc(OC)c1)N(C)Cc1ccc(Cl)cc1. The summed E-state index contributed by atoms with van der Waals surface area (Å²) in [6, 6.07) is 15.1. The number of nitrogens with zero attached hydrogens (tertiary/aromatic N) is 2. The molecule has 0 radical (unpaired) electrons. The lowest BCUT2D eigenvalue weighted by Gasteiger charge is -2.22. The van der Waals surface area contributed by atoms with E-state index in [1.54, 1.807) is 7.11 Å². The lowest BCUT2D eigenvalue weighted by molar-refractivity contribution is 0.186. The number of hydrogen-bond acceptors (Lipinski definition) is 3. The summed E-state index contributed by atoms with van der Waals surface area (Å²) in [6.07, 6.45) is -0.692. The Hall–Kier alpha value is -2.24. The number of ether oxygens (including phenoxy) is 1. The van der Waals surface area contributed by atoms with Crippen molar-refractivity contribution in [1.82, 2.24) is 10.2 Å². The van der Waals surface area contributed by atoms with Gasteiger partial charge in [-0.1, -0.05) is 35.9 Å². The van der Waals surface area contributed by atoms with Gasteiger partial charge in [-0.2, -0.15) is 0 Å². The third kappa shape index (κ3) is 5.93. The fourth-order valence-electron chi connectivity index (χ4n) is 2.54. The molecule has 5 nitrogen and oxygen atoms in total. The first kappa shape index (κ1) is 20.1. The highest BCUT2D eigenvalue weighted by Crippen LogP contribution is 2.19. The van der Waals surface area contributed by atoms with Gasteiger partial charge in [-0.05, 0) is 42.3 Å². The van der Waals surface area contributed by atoms with E-state index in [1.807, 2.05) is 67.4 Å². The smallest absolute Gasteiger partial charge is 0.194 e. The van der Waals surface area contributed by atoms with Crippen molar-refractivity contribution < 1.29 is 9.84 Å². The largest absolute Gasteiger partial charge is 0.497 e. The standard InChI is InChI=1S/C20H26ClN3O2/c1-4-22-20(24(2)14-15-8-10-17(21)11-9-15)23-13-19(25)16-6-5-7-18(12-16)26-3/h5-12,19,25H,4,13-14H2,1-3H3,(H,22,23). The first-order chi connectivity index (χ1) is 12.5.